The number of hydrogen-bond acceptors (Lipinski definition) is 7. The maximum Gasteiger partial charge on any atom is 0.242 e. The van der Waals surface area contributed by atoms with Crippen LogP contribution in [0.2, 0.25) is 0 Å². The molecule has 0 bridgehead atoms. The smallest absolute Gasteiger partial charge is 0.242 e. The van der Waals surface area contributed by atoms with E-state index in [0.717, 1.165) is 26.7 Å². The number of nitrogens with one attached hydrogen (secondary N) is 1. The second-order valence-electron chi connectivity index (χ2n) is 7.26. The molecule has 2 aromatic carbocycles. The number of sulfonamides is 1. The average Bonchev–Trinajstić information content (AvgIpc) is 3.16. The third kappa shape index (κ3) is 5.12. The number of aryl methyl sites for hydroxylation is 3. The van der Waals surface area contributed by atoms with Crippen molar-refractivity contribution in [1.82, 2.24) is 24.5 Å². The first kappa shape index (κ1) is 22.9. The van der Waals surface area contributed by atoms with Crippen LogP contribution in [0.1, 0.15) is 16.7 Å². The van der Waals surface area contributed by atoms with Gasteiger partial charge in [-0.2, -0.15) is 4.68 Å². The number of carbonyl (C=O) groups excluding carboxylic acids is 1. The van der Waals surface area contributed by atoms with Crippen LogP contribution in [0.4, 0.5) is 5.69 Å². The van der Waals surface area contributed by atoms with Crippen LogP contribution in [-0.2, 0) is 14.8 Å². The van der Waals surface area contributed by atoms with Gasteiger partial charge in [0.05, 0.1) is 16.3 Å². The lowest BCUT2D eigenvalue weighted by Gasteiger charge is -2.14. The molecule has 0 spiro atoms. The van der Waals surface area contributed by atoms with E-state index in [1.807, 2.05) is 32.0 Å². The van der Waals surface area contributed by atoms with E-state index in [2.05, 4.69) is 20.8 Å². The molecule has 1 aromatic heterocycles. The number of anilines is 1. The van der Waals surface area contributed by atoms with Crippen LogP contribution in [-0.4, -0.2) is 58.7 Å². The van der Waals surface area contributed by atoms with Gasteiger partial charge in [-0.1, -0.05) is 35.5 Å². The van der Waals surface area contributed by atoms with Crippen LogP contribution in [0.5, 0.6) is 0 Å². The lowest BCUT2D eigenvalue weighted by Crippen LogP contribution is -2.22. The van der Waals surface area contributed by atoms with Crippen molar-refractivity contribution in [3.05, 3.63) is 53.1 Å². The number of nitrogens with zero attached hydrogens (tertiary/aromatic N) is 5. The zero-order valence-electron chi connectivity index (χ0n) is 17.9. The normalized spacial score (nSPS) is 11.7. The monoisotopic (exact) mass is 460 g/mol. The molecule has 0 fully saturated rings. The quantitative estimate of drug-likeness (QED) is 0.540. The maximum absolute atomic E-state index is 12.5. The number of rotatable bonds is 7. The van der Waals surface area contributed by atoms with Crippen molar-refractivity contribution in [2.24, 2.45) is 0 Å². The Morgan fingerprint density at radius 3 is 2.52 bits per heavy atom. The Balaban J connectivity index is 1.73. The number of carbonyl (C=O) groups is 1. The third-order valence-corrected chi connectivity index (χ3v) is 7.35. The number of benzene rings is 2. The van der Waals surface area contributed by atoms with Crippen molar-refractivity contribution < 1.29 is 13.2 Å². The van der Waals surface area contributed by atoms with Gasteiger partial charge in [0.2, 0.25) is 21.1 Å². The fourth-order valence-corrected chi connectivity index (χ4v) is 4.50. The summed E-state index contributed by atoms with van der Waals surface area (Å²) < 4.78 is 27.5. The number of hydrogen-bond donors (Lipinski definition) is 1. The Kier molecular flexibility index (Phi) is 6.77. The summed E-state index contributed by atoms with van der Waals surface area (Å²) in [6.07, 6.45) is 0. The first-order chi connectivity index (χ1) is 14.6. The molecule has 9 nitrogen and oxygen atoms in total. The minimum absolute atomic E-state index is 0.0649. The van der Waals surface area contributed by atoms with Gasteiger partial charge < -0.3 is 5.32 Å². The summed E-state index contributed by atoms with van der Waals surface area (Å²) >= 11 is 1.20. The van der Waals surface area contributed by atoms with E-state index >= 15 is 0 Å². The Labute approximate surface area is 185 Å². The van der Waals surface area contributed by atoms with Gasteiger partial charge in [0.25, 0.3) is 0 Å². The van der Waals surface area contributed by atoms with Crippen LogP contribution < -0.4 is 5.32 Å². The molecular formula is C20H24N6O3S2. The molecule has 1 N–H and O–H groups in total. The topological polar surface area (TPSA) is 110 Å². The summed E-state index contributed by atoms with van der Waals surface area (Å²) in [6.45, 7) is 5.79. The van der Waals surface area contributed by atoms with Gasteiger partial charge in [-0.05, 0) is 60.5 Å². The molecule has 0 saturated heterocycles. The molecule has 0 unspecified atom stereocenters. The van der Waals surface area contributed by atoms with Crippen LogP contribution in [0.15, 0.2) is 46.5 Å². The number of tetrazole rings is 1. The highest BCUT2D eigenvalue weighted by Crippen LogP contribution is 2.24. The maximum atomic E-state index is 12.5. The lowest BCUT2D eigenvalue weighted by molar-refractivity contribution is -0.113. The molecule has 0 saturated carbocycles. The van der Waals surface area contributed by atoms with Gasteiger partial charge in [0.1, 0.15) is 0 Å². The second-order valence-corrected chi connectivity index (χ2v) is 10.4. The average molecular weight is 461 g/mol. The molecule has 3 aromatic rings. The molecule has 0 aliphatic rings. The first-order valence-electron chi connectivity index (χ1n) is 9.41. The van der Waals surface area contributed by atoms with Crippen molar-refractivity contribution in [2.75, 3.05) is 25.2 Å². The minimum Gasteiger partial charge on any atom is -0.325 e. The first-order valence-corrected chi connectivity index (χ1v) is 11.8. The van der Waals surface area contributed by atoms with Crippen molar-refractivity contribution in [1.29, 1.82) is 0 Å². The summed E-state index contributed by atoms with van der Waals surface area (Å²) in [5.74, 6) is -0.224. The number of amides is 1. The summed E-state index contributed by atoms with van der Waals surface area (Å²) in [5, 5.41) is 15.1. The summed E-state index contributed by atoms with van der Waals surface area (Å²) in [7, 11) is -0.672. The Morgan fingerprint density at radius 1 is 1.10 bits per heavy atom. The summed E-state index contributed by atoms with van der Waals surface area (Å²) in [4.78, 5) is 12.7. The van der Waals surface area contributed by atoms with E-state index in [-0.39, 0.29) is 16.6 Å². The highest BCUT2D eigenvalue weighted by molar-refractivity contribution is 7.99. The van der Waals surface area contributed by atoms with Gasteiger partial charge in [0, 0.05) is 19.8 Å². The molecule has 1 heterocycles. The lowest BCUT2D eigenvalue weighted by atomic mass is 10.1. The molecular weight excluding hydrogens is 436 g/mol. The van der Waals surface area contributed by atoms with E-state index in [1.165, 1.54) is 38.0 Å². The molecule has 0 aliphatic carbocycles. The molecule has 164 valence electrons. The van der Waals surface area contributed by atoms with E-state index in [0.29, 0.717) is 10.8 Å². The standard InChI is InChI=1S/C20H24N6O3S2/c1-13-6-9-18(15(3)10-13)26-20(22-23-24-26)30-12-19(27)21-17-11-16(8-7-14(17)2)31(28,29)25(4)5/h6-11H,12H2,1-5H3,(H,21,27). The molecule has 11 heteroatoms. The predicted molar refractivity (Wildman–Crippen MR) is 120 cm³/mol. The molecule has 0 aliphatic heterocycles. The summed E-state index contributed by atoms with van der Waals surface area (Å²) in [5.41, 5.74) is 4.21. The highest BCUT2D eigenvalue weighted by atomic mass is 32.2. The molecule has 0 radical (unpaired) electrons. The SMILES string of the molecule is Cc1ccc(-n2nnnc2SCC(=O)Nc2cc(S(=O)(=O)N(C)C)ccc2C)c(C)c1. The van der Waals surface area contributed by atoms with Crippen molar-refractivity contribution >= 4 is 33.4 Å². The van der Waals surface area contributed by atoms with Crippen molar-refractivity contribution in [3.63, 3.8) is 0 Å². The van der Waals surface area contributed by atoms with Crippen molar-refractivity contribution in [2.45, 2.75) is 30.8 Å². The van der Waals surface area contributed by atoms with Gasteiger partial charge in [-0.15, -0.1) is 5.10 Å². The second kappa shape index (κ2) is 9.16. The fourth-order valence-electron chi connectivity index (χ4n) is 2.89. The molecule has 3 rings (SSSR count). The highest BCUT2D eigenvalue weighted by Gasteiger charge is 2.19. The zero-order chi connectivity index (χ0) is 22.8. The Bertz CT molecular complexity index is 1220. The van der Waals surface area contributed by atoms with Crippen LogP contribution >= 0.6 is 11.8 Å². The van der Waals surface area contributed by atoms with Crippen LogP contribution in [0, 0.1) is 20.8 Å². The molecule has 0 atom stereocenters. The van der Waals surface area contributed by atoms with Crippen LogP contribution in [0.3, 0.4) is 0 Å². The van der Waals surface area contributed by atoms with E-state index in [9.17, 15) is 13.2 Å². The van der Waals surface area contributed by atoms with Crippen molar-refractivity contribution in [3.8, 4) is 5.69 Å². The fraction of sp³-hybridized carbons (Fsp3) is 0.300. The largest absolute Gasteiger partial charge is 0.325 e. The zero-order valence-corrected chi connectivity index (χ0v) is 19.6. The molecule has 31 heavy (non-hydrogen) atoms. The number of thioether (sulfide) groups is 1. The van der Waals surface area contributed by atoms with Gasteiger partial charge in [0.15, 0.2) is 0 Å². The predicted octanol–water partition coefficient (Wildman–Crippen LogP) is 2.57. The van der Waals surface area contributed by atoms with E-state index < -0.39 is 10.0 Å². The Hall–Kier alpha value is -2.76. The van der Waals surface area contributed by atoms with Crippen LogP contribution in [0.25, 0.3) is 5.69 Å². The van der Waals surface area contributed by atoms with Gasteiger partial charge in [-0.3, -0.25) is 4.79 Å². The minimum atomic E-state index is -3.60. The third-order valence-electron chi connectivity index (χ3n) is 4.62. The molecule has 1 amide bonds. The van der Waals surface area contributed by atoms with Gasteiger partial charge >= 0.3 is 0 Å². The van der Waals surface area contributed by atoms with Gasteiger partial charge in [-0.25, -0.2) is 12.7 Å². The number of aromatic nitrogens is 4. The van der Waals surface area contributed by atoms with E-state index in [4.69, 9.17) is 0 Å². The summed E-state index contributed by atoms with van der Waals surface area (Å²) in [6, 6.07) is 10.6. The van der Waals surface area contributed by atoms with E-state index in [1.54, 1.807) is 17.7 Å². The Morgan fingerprint density at radius 2 is 1.84 bits per heavy atom.